The average Bonchev–Trinajstić information content (AvgIpc) is 3.23. The van der Waals surface area contributed by atoms with Crippen LogP contribution in [-0.4, -0.2) is 39.5 Å². The van der Waals surface area contributed by atoms with E-state index >= 15 is 0 Å². The Kier molecular flexibility index (Phi) is 7.44. The van der Waals surface area contributed by atoms with E-state index in [9.17, 15) is 35.5 Å². The fourth-order valence-electron chi connectivity index (χ4n) is 4.07. The zero-order valence-corrected chi connectivity index (χ0v) is 19.2. The monoisotopic (exact) mass is 534 g/mol. The van der Waals surface area contributed by atoms with Gasteiger partial charge >= 0.3 is 18.0 Å². The van der Waals surface area contributed by atoms with Crippen LogP contribution in [0.15, 0.2) is 47.3 Å². The van der Waals surface area contributed by atoms with Crippen molar-refractivity contribution in [1.29, 1.82) is 0 Å². The lowest BCUT2D eigenvalue weighted by Gasteiger charge is -2.41. The summed E-state index contributed by atoms with van der Waals surface area (Å²) in [5.74, 6) is -0.239. The van der Waals surface area contributed by atoms with Crippen LogP contribution in [0.1, 0.15) is 47.1 Å². The minimum atomic E-state index is -5.01. The molecule has 2 unspecified atom stereocenters. The van der Waals surface area contributed by atoms with Crippen molar-refractivity contribution in [1.82, 2.24) is 20.1 Å². The number of H-pyrrole nitrogens is 2. The predicted molar refractivity (Wildman–Crippen MR) is 114 cm³/mol. The third-order valence-corrected chi connectivity index (χ3v) is 5.84. The van der Waals surface area contributed by atoms with Crippen LogP contribution in [0.5, 0.6) is 0 Å². The van der Waals surface area contributed by atoms with Crippen LogP contribution in [0.4, 0.5) is 30.7 Å². The molecule has 14 heteroatoms. The quantitative estimate of drug-likeness (QED) is 0.438. The van der Waals surface area contributed by atoms with Gasteiger partial charge in [-0.1, -0.05) is 12.1 Å². The standard InChI is InChI=1S/C23H21F7N4O3/c1-12(14-8-15(22(25,26)27)10-16(9-14)23(28,29)30)37-20-19(13-2-4-17(24)5-3-13)34(6-7-36-20)11-18-31-21(35)33-32-18/h2-5,8-10,12,19-20H,6-7,11H2,1H3,(H2,31,32,33,35)/t12-,19?,20?/m0/s1. The van der Waals surface area contributed by atoms with Gasteiger partial charge in [-0.2, -0.15) is 31.4 Å². The van der Waals surface area contributed by atoms with Crippen molar-refractivity contribution in [2.45, 2.75) is 44.3 Å². The second kappa shape index (κ2) is 10.3. The van der Waals surface area contributed by atoms with E-state index in [4.69, 9.17) is 9.47 Å². The summed E-state index contributed by atoms with van der Waals surface area (Å²) in [6, 6.07) is 5.79. The smallest absolute Gasteiger partial charge is 0.349 e. The molecule has 0 aliphatic carbocycles. The zero-order chi connectivity index (χ0) is 27.0. The minimum Gasteiger partial charge on any atom is -0.349 e. The second-order valence-corrected chi connectivity index (χ2v) is 8.45. The summed E-state index contributed by atoms with van der Waals surface area (Å²) < 4.78 is 105. The molecule has 0 amide bonds. The van der Waals surface area contributed by atoms with E-state index < -0.39 is 53.4 Å². The molecule has 1 aliphatic heterocycles. The number of nitrogens with one attached hydrogen (secondary N) is 2. The fraction of sp³-hybridized carbons (Fsp3) is 0.391. The average molecular weight is 534 g/mol. The molecule has 1 aromatic heterocycles. The summed E-state index contributed by atoms with van der Waals surface area (Å²) in [6.07, 6.45) is -12.4. The van der Waals surface area contributed by atoms with E-state index in [0.717, 1.165) is 0 Å². The molecule has 1 fully saturated rings. The molecule has 1 saturated heterocycles. The highest BCUT2D eigenvalue weighted by Crippen LogP contribution is 2.39. The summed E-state index contributed by atoms with van der Waals surface area (Å²) in [4.78, 5) is 15.7. The first-order valence-corrected chi connectivity index (χ1v) is 11.0. The van der Waals surface area contributed by atoms with Crippen molar-refractivity contribution in [2.75, 3.05) is 13.2 Å². The summed E-state index contributed by atoms with van der Waals surface area (Å²) >= 11 is 0. The first kappa shape index (κ1) is 26.8. The molecule has 200 valence electrons. The SMILES string of the molecule is C[C@H](OC1OCCN(Cc2n[nH]c(=O)[nH]2)C1c1ccc(F)cc1)c1cc(C(F)(F)F)cc(C(F)(F)F)c1. The summed E-state index contributed by atoms with van der Waals surface area (Å²) in [6.45, 7) is 1.82. The highest BCUT2D eigenvalue weighted by atomic mass is 19.4. The molecule has 2 aromatic carbocycles. The van der Waals surface area contributed by atoms with Gasteiger partial charge < -0.3 is 9.47 Å². The number of morpholine rings is 1. The summed E-state index contributed by atoms with van der Waals surface area (Å²) in [7, 11) is 0. The van der Waals surface area contributed by atoms with Crippen LogP contribution in [0.25, 0.3) is 0 Å². The summed E-state index contributed by atoms with van der Waals surface area (Å²) in [5.41, 5.74) is -3.30. The van der Waals surface area contributed by atoms with Gasteiger partial charge in [0.25, 0.3) is 0 Å². The van der Waals surface area contributed by atoms with E-state index in [1.807, 2.05) is 0 Å². The molecule has 37 heavy (non-hydrogen) atoms. The van der Waals surface area contributed by atoms with Crippen molar-refractivity contribution < 1.29 is 40.2 Å². The van der Waals surface area contributed by atoms with Crippen LogP contribution in [0.2, 0.25) is 0 Å². The lowest BCUT2D eigenvalue weighted by Crippen LogP contribution is -2.46. The molecular formula is C23H21F7N4O3. The van der Waals surface area contributed by atoms with Crippen molar-refractivity contribution in [3.05, 3.63) is 86.8 Å². The van der Waals surface area contributed by atoms with Gasteiger partial charge in [-0.15, -0.1) is 0 Å². The van der Waals surface area contributed by atoms with Gasteiger partial charge in [0.2, 0.25) is 0 Å². The number of rotatable bonds is 6. The molecule has 3 aromatic rings. The number of aromatic nitrogens is 3. The largest absolute Gasteiger partial charge is 0.416 e. The maximum absolute atomic E-state index is 13.6. The van der Waals surface area contributed by atoms with E-state index in [2.05, 4.69) is 15.2 Å². The first-order chi connectivity index (χ1) is 17.3. The van der Waals surface area contributed by atoms with Gasteiger partial charge in [0.05, 0.1) is 36.4 Å². The van der Waals surface area contributed by atoms with Gasteiger partial charge in [-0.05, 0) is 48.4 Å². The number of alkyl halides is 6. The maximum atomic E-state index is 13.6. The van der Waals surface area contributed by atoms with Gasteiger partial charge in [-0.25, -0.2) is 14.3 Å². The predicted octanol–water partition coefficient (Wildman–Crippen LogP) is 4.95. The Hall–Kier alpha value is -3.23. The van der Waals surface area contributed by atoms with Gasteiger partial charge in [-0.3, -0.25) is 9.88 Å². The van der Waals surface area contributed by atoms with Crippen LogP contribution in [0.3, 0.4) is 0 Å². The summed E-state index contributed by atoms with van der Waals surface area (Å²) in [5, 5.41) is 6.10. The molecule has 0 radical (unpaired) electrons. The number of hydrogen-bond donors (Lipinski definition) is 2. The first-order valence-electron chi connectivity index (χ1n) is 11.0. The molecule has 1 aliphatic rings. The number of benzene rings is 2. The van der Waals surface area contributed by atoms with E-state index in [0.29, 0.717) is 24.2 Å². The Balaban J connectivity index is 1.66. The number of hydrogen-bond acceptors (Lipinski definition) is 5. The Morgan fingerprint density at radius 2 is 1.70 bits per heavy atom. The van der Waals surface area contributed by atoms with Gasteiger partial charge in [0.15, 0.2) is 6.29 Å². The molecule has 7 nitrogen and oxygen atoms in total. The molecular weight excluding hydrogens is 513 g/mol. The number of halogens is 7. The third-order valence-electron chi connectivity index (χ3n) is 5.84. The third kappa shape index (κ3) is 6.37. The van der Waals surface area contributed by atoms with Crippen LogP contribution >= 0.6 is 0 Å². The highest BCUT2D eigenvalue weighted by molar-refractivity contribution is 5.34. The molecule has 0 bridgehead atoms. The van der Waals surface area contributed by atoms with Crippen molar-refractivity contribution in [2.24, 2.45) is 0 Å². The molecule has 2 heterocycles. The molecule has 4 rings (SSSR count). The highest BCUT2D eigenvalue weighted by Gasteiger charge is 2.39. The molecule has 3 atom stereocenters. The van der Waals surface area contributed by atoms with E-state index in [1.165, 1.54) is 31.2 Å². The van der Waals surface area contributed by atoms with Crippen molar-refractivity contribution >= 4 is 0 Å². The van der Waals surface area contributed by atoms with Crippen molar-refractivity contribution in [3.8, 4) is 0 Å². The van der Waals surface area contributed by atoms with Crippen LogP contribution < -0.4 is 5.69 Å². The lowest BCUT2D eigenvalue weighted by molar-refractivity contribution is -0.231. The van der Waals surface area contributed by atoms with E-state index in [1.54, 1.807) is 4.90 Å². The number of ether oxygens (including phenoxy) is 2. The molecule has 2 N–H and O–H groups in total. The Bertz CT molecular complexity index is 1240. The molecule has 0 saturated carbocycles. The zero-order valence-electron chi connectivity index (χ0n) is 19.2. The second-order valence-electron chi connectivity index (χ2n) is 8.45. The van der Waals surface area contributed by atoms with Gasteiger partial charge in [0, 0.05) is 6.54 Å². The van der Waals surface area contributed by atoms with Crippen molar-refractivity contribution in [3.63, 3.8) is 0 Å². The van der Waals surface area contributed by atoms with Crippen LogP contribution in [-0.2, 0) is 28.4 Å². The Morgan fingerprint density at radius 1 is 1.08 bits per heavy atom. The maximum Gasteiger partial charge on any atom is 0.416 e. The van der Waals surface area contributed by atoms with E-state index in [-0.39, 0.29) is 30.6 Å². The minimum absolute atomic E-state index is 0.0427. The topological polar surface area (TPSA) is 83.2 Å². The Labute approximate surface area is 205 Å². The number of aromatic amines is 2. The van der Waals surface area contributed by atoms with Gasteiger partial charge in [0.1, 0.15) is 11.6 Å². The lowest BCUT2D eigenvalue weighted by atomic mass is 10.0. The normalized spacial score (nSPS) is 20.2. The Morgan fingerprint density at radius 3 is 2.24 bits per heavy atom. The molecule has 0 spiro atoms. The number of nitrogens with zero attached hydrogens (tertiary/aromatic N) is 2. The fourth-order valence-corrected chi connectivity index (χ4v) is 4.07. The van der Waals surface area contributed by atoms with Crippen LogP contribution in [0, 0.1) is 5.82 Å².